The van der Waals surface area contributed by atoms with Gasteiger partial charge in [0.25, 0.3) is 0 Å². The maximum Gasteiger partial charge on any atom is 0.302 e. The number of esters is 1. The predicted octanol–water partition coefficient (Wildman–Crippen LogP) is 8.31. The minimum Gasteiger partial charge on any atom is -0.463 e. The molecule has 0 aliphatic heterocycles. The third-order valence-corrected chi connectivity index (χ3v) is 12.5. The van der Waals surface area contributed by atoms with Gasteiger partial charge in [0.15, 0.2) is 0 Å². The first-order valence-electron chi connectivity index (χ1n) is 15.7. The molecule has 0 bridgehead atoms. The lowest BCUT2D eigenvalue weighted by molar-refractivity contribution is -0.207. The van der Waals surface area contributed by atoms with Crippen LogP contribution in [0.3, 0.4) is 0 Å². The van der Waals surface area contributed by atoms with Crippen LogP contribution in [-0.4, -0.2) is 23.3 Å². The van der Waals surface area contributed by atoms with Crippen molar-refractivity contribution in [1.29, 1.82) is 0 Å². The first-order chi connectivity index (χ1) is 18.1. The average Bonchev–Trinajstić information content (AvgIpc) is 3.25. The Balaban J connectivity index is 1.35. The zero-order chi connectivity index (χ0) is 27.2. The van der Waals surface area contributed by atoms with Crippen molar-refractivity contribution in [2.75, 3.05) is 0 Å². The number of ether oxygens (including phenoxy) is 1. The highest BCUT2D eigenvalue weighted by atomic mass is 16.5. The van der Waals surface area contributed by atoms with E-state index in [9.17, 15) is 9.90 Å². The van der Waals surface area contributed by atoms with E-state index in [0.29, 0.717) is 40.9 Å². The molecule has 0 saturated heterocycles. The van der Waals surface area contributed by atoms with Crippen molar-refractivity contribution in [3.8, 4) is 0 Å². The van der Waals surface area contributed by atoms with Crippen molar-refractivity contribution in [1.82, 2.24) is 0 Å². The summed E-state index contributed by atoms with van der Waals surface area (Å²) in [5, 5.41) is 12.1. The SMILES string of the molecule is CC[C@@H]1C2C[C@H](OC(C)=O)CC[C@]2(C)C2CC[C@@]3(C)C(CC[C@@H]3[C@H](C)C/C=C(\C)c3ccccc3)C2[C@@H]1O. The Morgan fingerprint density at radius 1 is 1.03 bits per heavy atom. The molecule has 0 amide bonds. The van der Waals surface area contributed by atoms with E-state index in [-0.39, 0.29) is 23.6 Å². The molecule has 210 valence electrons. The summed E-state index contributed by atoms with van der Waals surface area (Å²) < 4.78 is 5.72. The van der Waals surface area contributed by atoms with Gasteiger partial charge in [0.05, 0.1) is 6.10 Å². The predicted molar refractivity (Wildman–Crippen MR) is 155 cm³/mol. The van der Waals surface area contributed by atoms with Crippen LogP contribution >= 0.6 is 0 Å². The van der Waals surface area contributed by atoms with Gasteiger partial charge < -0.3 is 9.84 Å². The summed E-state index contributed by atoms with van der Waals surface area (Å²) >= 11 is 0. The van der Waals surface area contributed by atoms with Crippen molar-refractivity contribution in [3.05, 3.63) is 42.0 Å². The second kappa shape index (κ2) is 10.8. The van der Waals surface area contributed by atoms with Crippen LogP contribution in [0.15, 0.2) is 36.4 Å². The van der Waals surface area contributed by atoms with Crippen molar-refractivity contribution in [2.45, 2.75) is 112 Å². The molecule has 38 heavy (non-hydrogen) atoms. The lowest BCUT2D eigenvalue weighted by Gasteiger charge is -2.64. The van der Waals surface area contributed by atoms with Crippen molar-refractivity contribution in [2.24, 2.45) is 52.3 Å². The quantitative estimate of drug-likeness (QED) is 0.384. The molecule has 0 spiro atoms. The molecule has 4 aliphatic carbocycles. The van der Waals surface area contributed by atoms with Crippen LogP contribution < -0.4 is 0 Å². The van der Waals surface area contributed by atoms with Crippen molar-refractivity contribution >= 4 is 11.5 Å². The fourth-order valence-corrected chi connectivity index (χ4v) is 10.6. The summed E-state index contributed by atoms with van der Waals surface area (Å²) in [5.41, 5.74) is 3.30. The maximum absolute atomic E-state index is 12.1. The monoisotopic (exact) mass is 520 g/mol. The highest BCUT2D eigenvalue weighted by molar-refractivity contribution is 5.66. The summed E-state index contributed by atoms with van der Waals surface area (Å²) in [6.45, 7) is 13.7. The number of carbonyl (C=O) groups is 1. The molecule has 3 heteroatoms. The van der Waals surface area contributed by atoms with E-state index >= 15 is 0 Å². The zero-order valence-corrected chi connectivity index (χ0v) is 24.8. The number of aliphatic hydroxyl groups is 1. The molecule has 0 aromatic heterocycles. The molecule has 11 atom stereocenters. The largest absolute Gasteiger partial charge is 0.463 e. The van der Waals surface area contributed by atoms with Crippen molar-refractivity contribution < 1.29 is 14.6 Å². The Hall–Kier alpha value is -1.61. The Labute approximate surface area is 231 Å². The van der Waals surface area contributed by atoms with Gasteiger partial charge in [-0.25, -0.2) is 0 Å². The number of aliphatic hydroxyl groups excluding tert-OH is 1. The van der Waals surface area contributed by atoms with Gasteiger partial charge in [0.2, 0.25) is 0 Å². The molecule has 4 fully saturated rings. The number of allylic oxidation sites excluding steroid dienone is 2. The Kier molecular flexibility index (Phi) is 7.91. The van der Waals surface area contributed by atoms with E-state index < -0.39 is 0 Å². The van der Waals surface area contributed by atoms with E-state index in [1.54, 1.807) is 0 Å². The molecule has 4 saturated carbocycles. The van der Waals surface area contributed by atoms with Gasteiger partial charge in [-0.3, -0.25) is 4.79 Å². The minimum absolute atomic E-state index is 0.0290. The number of benzene rings is 1. The lowest BCUT2D eigenvalue weighted by Crippen LogP contribution is -2.62. The molecular formula is C35H52O3. The molecule has 1 aromatic rings. The van der Waals surface area contributed by atoms with E-state index in [0.717, 1.165) is 38.0 Å². The maximum atomic E-state index is 12.1. The van der Waals surface area contributed by atoms with Crippen LogP contribution in [0.25, 0.3) is 5.57 Å². The second-order valence-electron chi connectivity index (χ2n) is 14.2. The Morgan fingerprint density at radius 2 is 1.71 bits per heavy atom. The summed E-state index contributed by atoms with van der Waals surface area (Å²) in [7, 11) is 0. The van der Waals surface area contributed by atoms with Crippen molar-refractivity contribution in [3.63, 3.8) is 0 Å². The highest BCUT2D eigenvalue weighted by Crippen LogP contribution is 2.69. The van der Waals surface area contributed by atoms with Gasteiger partial charge in [-0.15, -0.1) is 0 Å². The third-order valence-electron chi connectivity index (χ3n) is 12.5. The Bertz CT molecular complexity index is 1020. The van der Waals surface area contributed by atoms with Crippen LogP contribution in [-0.2, 0) is 9.53 Å². The molecule has 5 rings (SSSR count). The van der Waals surface area contributed by atoms with Gasteiger partial charge in [0.1, 0.15) is 6.10 Å². The molecule has 0 radical (unpaired) electrons. The van der Waals surface area contributed by atoms with E-state index in [2.05, 4.69) is 71.0 Å². The third kappa shape index (κ3) is 4.69. The molecule has 1 N–H and O–H groups in total. The van der Waals surface area contributed by atoms with Crippen LogP contribution in [0.2, 0.25) is 0 Å². The smallest absolute Gasteiger partial charge is 0.302 e. The minimum atomic E-state index is -0.224. The van der Waals surface area contributed by atoms with Gasteiger partial charge in [-0.05, 0) is 122 Å². The fraction of sp³-hybridized carbons (Fsp3) is 0.743. The molecule has 3 nitrogen and oxygen atoms in total. The zero-order valence-electron chi connectivity index (χ0n) is 24.8. The van der Waals surface area contributed by atoms with Gasteiger partial charge >= 0.3 is 5.97 Å². The van der Waals surface area contributed by atoms with Crippen LogP contribution in [0.5, 0.6) is 0 Å². The van der Waals surface area contributed by atoms with E-state index in [1.807, 2.05) is 0 Å². The lowest BCUT2D eigenvalue weighted by atomic mass is 9.41. The molecule has 4 aliphatic rings. The second-order valence-corrected chi connectivity index (χ2v) is 14.2. The van der Waals surface area contributed by atoms with Crippen LogP contribution in [0.1, 0.15) is 105 Å². The first-order valence-corrected chi connectivity index (χ1v) is 15.7. The normalized spacial score (nSPS) is 43.5. The summed E-state index contributed by atoms with van der Waals surface area (Å²) in [4.78, 5) is 11.7. The summed E-state index contributed by atoms with van der Waals surface area (Å²) in [5.74, 6) is 3.63. The first kappa shape index (κ1) is 27.9. The highest BCUT2D eigenvalue weighted by Gasteiger charge is 2.65. The van der Waals surface area contributed by atoms with Gasteiger partial charge in [-0.2, -0.15) is 0 Å². The number of carbonyl (C=O) groups excluding carboxylic acids is 1. The topological polar surface area (TPSA) is 46.5 Å². The fourth-order valence-electron chi connectivity index (χ4n) is 10.6. The number of fused-ring (bicyclic) bond motifs is 5. The summed E-state index contributed by atoms with van der Waals surface area (Å²) in [6.07, 6.45) is 12.6. The van der Waals surface area contributed by atoms with Gasteiger partial charge in [-0.1, -0.05) is 70.5 Å². The van der Waals surface area contributed by atoms with Gasteiger partial charge in [0, 0.05) is 6.92 Å². The molecule has 4 unspecified atom stereocenters. The molecule has 1 aromatic carbocycles. The standard InChI is InChI=1S/C35H52O3/c1-7-27-31-21-26(38-24(4)36)17-19-35(31,6)30-18-20-34(5)28(15-16-29(34)32(30)33(27)37)23(3)14-13-22(2)25-11-9-8-10-12-25/h8-13,23,26-33,37H,7,14-21H2,1-6H3/b22-13+/t23-,26-,27-,28-,29?,30?,31?,32?,33-,34-,35-/m1/s1. The van der Waals surface area contributed by atoms with Crippen LogP contribution in [0.4, 0.5) is 0 Å². The summed E-state index contributed by atoms with van der Waals surface area (Å²) in [6, 6.07) is 10.8. The van der Waals surface area contributed by atoms with Crippen LogP contribution in [0, 0.1) is 52.3 Å². The van der Waals surface area contributed by atoms with E-state index in [4.69, 9.17) is 4.74 Å². The van der Waals surface area contributed by atoms with E-state index in [1.165, 1.54) is 43.7 Å². The number of rotatable bonds is 6. The molecular weight excluding hydrogens is 468 g/mol. The number of hydrogen-bond donors (Lipinski definition) is 1. The Morgan fingerprint density at radius 3 is 2.39 bits per heavy atom. The molecule has 0 heterocycles. The average molecular weight is 521 g/mol. The number of hydrogen-bond acceptors (Lipinski definition) is 3.